The van der Waals surface area contributed by atoms with Gasteiger partial charge in [0.1, 0.15) is 10.4 Å². The minimum atomic E-state index is -0.370. The van der Waals surface area contributed by atoms with Crippen LogP contribution < -0.4 is 5.32 Å². The Morgan fingerprint density at radius 3 is 3.00 bits per heavy atom. The summed E-state index contributed by atoms with van der Waals surface area (Å²) in [6.07, 6.45) is 3.65. The van der Waals surface area contributed by atoms with Gasteiger partial charge >= 0.3 is 6.09 Å². The molecule has 0 saturated carbocycles. The van der Waals surface area contributed by atoms with E-state index in [2.05, 4.69) is 50.0 Å². The van der Waals surface area contributed by atoms with Gasteiger partial charge in [-0.1, -0.05) is 13.8 Å². The van der Waals surface area contributed by atoms with Crippen LogP contribution in [0.4, 0.5) is 4.79 Å². The van der Waals surface area contributed by atoms with Crippen molar-refractivity contribution in [2.75, 3.05) is 20.2 Å². The Morgan fingerprint density at radius 1 is 1.67 bits per heavy atom. The van der Waals surface area contributed by atoms with Crippen LogP contribution in [0.5, 0.6) is 0 Å². The fraction of sp³-hybridized carbons (Fsp3) is 0.714. The Bertz CT molecular complexity index is 477. The molecular weight excluding hydrogens is 336 g/mol. The number of likely N-dealkylation sites (tertiary alicyclic amines) is 1. The second-order valence-electron chi connectivity index (χ2n) is 5.76. The van der Waals surface area contributed by atoms with Crippen LogP contribution >= 0.6 is 15.9 Å². The van der Waals surface area contributed by atoms with Crippen molar-refractivity contribution in [1.29, 1.82) is 0 Å². The van der Waals surface area contributed by atoms with Gasteiger partial charge in [0.05, 0.1) is 19.3 Å². The molecular formula is C14H23BrN4O2. The Labute approximate surface area is 133 Å². The first-order valence-corrected chi connectivity index (χ1v) is 8.09. The molecule has 7 heteroatoms. The number of H-pyrrole nitrogens is 1. The van der Waals surface area contributed by atoms with E-state index in [4.69, 9.17) is 4.74 Å². The van der Waals surface area contributed by atoms with Gasteiger partial charge in [-0.05, 0) is 41.2 Å². The SMILES string of the molecule is COC(=O)NC(CN1CCCC1c1ncc(Br)[nH]1)C(C)C. The second-order valence-corrected chi connectivity index (χ2v) is 6.61. The maximum atomic E-state index is 11.5. The van der Waals surface area contributed by atoms with Gasteiger partial charge in [0, 0.05) is 12.6 Å². The van der Waals surface area contributed by atoms with Crippen LogP contribution in [0.25, 0.3) is 0 Å². The standard InChI is InChI=1S/C14H23BrN4O2/c1-9(2)10(17-14(20)21-3)8-19-6-4-5-11(19)13-16-7-12(15)18-13/h7,9-11H,4-6,8H2,1-3H3,(H,16,18)(H,17,20). The van der Waals surface area contributed by atoms with Crippen LogP contribution in [0.3, 0.4) is 0 Å². The van der Waals surface area contributed by atoms with Crippen LogP contribution in [0.1, 0.15) is 38.6 Å². The Kier molecular flexibility index (Phi) is 5.64. The lowest BCUT2D eigenvalue weighted by Gasteiger charge is -2.30. The molecule has 0 radical (unpaired) electrons. The number of imidazole rings is 1. The third-order valence-electron chi connectivity index (χ3n) is 3.97. The molecule has 1 aliphatic heterocycles. The smallest absolute Gasteiger partial charge is 0.407 e. The number of aromatic nitrogens is 2. The summed E-state index contributed by atoms with van der Waals surface area (Å²) in [6.45, 7) is 6.04. The van der Waals surface area contributed by atoms with Crippen LogP contribution in [0.2, 0.25) is 0 Å². The van der Waals surface area contributed by atoms with Crippen molar-refractivity contribution < 1.29 is 9.53 Å². The maximum Gasteiger partial charge on any atom is 0.407 e. The van der Waals surface area contributed by atoms with Gasteiger partial charge in [-0.25, -0.2) is 9.78 Å². The highest BCUT2D eigenvalue weighted by Gasteiger charge is 2.31. The van der Waals surface area contributed by atoms with E-state index in [1.54, 1.807) is 6.20 Å². The van der Waals surface area contributed by atoms with Gasteiger partial charge < -0.3 is 15.0 Å². The maximum absolute atomic E-state index is 11.5. The first kappa shape index (κ1) is 16.3. The van der Waals surface area contributed by atoms with E-state index in [-0.39, 0.29) is 18.2 Å². The number of rotatable bonds is 5. The van der Waals surface area contributed by atoms with Gasteiger partial charge in [0.2, 0.25) is 0 Å². The summed E-state index contributed by atoms with van der Waals surface area (Å²) in [5, 5.41) is 2.93. The summed E-state index contributed by atoms with van der Waals surface area (Å²) in [6, 6.07) is 0.355. The summed E-state index contributed by atoms with van der Waals surface area (Å²) in [5.41, 5.74) is 0. The van der Waals surface area contributed by atoms with Crippen LogP contribution in [0, 0.1) is 5.92 Å². The summed E-state index contributed by atoms with van der Waals surface area (Å²) in [7, 11) is 1.39. The molecule has 6 nitrogen and oxygen atoms in total. The largest absolute Gasteiger partial charge is 0.453 e. The normalized spacial score (nSPS) is 20.7. The predicted molar refractivity (Wildman–Crippen MR) is 84.0 cm³/mol. The molecule has 0 bridgehead atoms. The quantitative estimate of drug-likeness (QED) is 0.848. The zero-order valence-electron chi connectivity index (χ0n) is 12.7. The number of methoxy groups -OCH3 is 1. The first-order chi connectivity index (χ1) is 10.0. The van der Waals surface area contributed by atoms with Crippen molar-refractivity contribution in [2.24, 2.45) is 5.92 Å². The number of hydrogen-bond acceptors (Lipinski definition) is 4. The minimum absolute atomic E-state index is 0.0662. The summed E-state index contributed by atoms with van der Waals surface area (Å²) < 4.78 is 5.62. The topological polar surface area (TPSA) is 70.2 Å². The van der Waals surface area contributed by atoms with E-state index in [0.29, 0.717) is 5.92 Å². The Balaban J connectivity index is 2.03. The van der Waals surface area contributed by atoms with Crippen LogP contribution in [0.15, 0.2) is 10.8 Å². The van der Waals surface area contributed by atoms with E-state index < -0.39 is 0 Å². The molecule has 0 spiro atoms. The Morgan fingerprint density at radius 2 is 2.43 bits per heavy atom. The second kappa shape index (κ2) is 7.26. The molecule has 0 aromatic carbocycles. The fourth-order valence-corrected chi connectivity index (χ4v) is 3.03. The lowest BCUT2D eigenvalue weighted by atomic mass is 10.0. The van der Waals surface area contributed by atoms with E-state index in [1.807, 2.05) is 0 Å². The van der Waals surface area contributed by atoms with Crippen LogP contribution in [-0.2, 0) is 4.74 Å². The summed E-state index contributed by atoms with van der Waals surface area (Å²) >= 11 is 3.41. The molecule has 1 aliphatic rings. The van der Waals surface area contributed by atoms with Gasteiger partial charge in [0.25, 0.3) is 0 Å². The number of alkyl carbamates (subject to hydrolysis) is 1. The van der Waals surface area contributed by atoms with Crippen molar-refractivity contribution in [3.05, 3.63) is 16.6 Å². The number of nitrogens with zero attached hydrogens (tertiary/aromatic N) is 2. The van der Waals surface area contributed by atoms with Crippen molar-refractivity contribution in [3.63, 3.8) is 0 Å². The number of ether oxygens (including phenoxy) is 1. The highest BCUT2D eigenvalue weighted by Crippen LogP contribution is 2.31. The first-order valence-electron chi connectivity index (χ1n) is 7.30. The number of halogens is 1. The van der Waals surface area contributed by atoms with Crippen molar-refractivity contribution in [2.45, 2.75) is 38.8 Å². The molecule has 0 aliphatic carbocycles. The van der Waals surface area contributed by atoms with Crippen molar-refractivity contribution in [1.82, 2.24) is 20.2 Å². The third-order valence-corrected chi connectivity index (χ3v) is 4.37. The molecule has 2 atom stereocenters. The average Bonchev–Trinajstić information content (AvgIpc) is 3.06. The fourth-order valence-electron chi connectivity index (χ4n) is 2.72. The lowest BCUT2D eigenvalue weighted by molar-refractivity contribution is 0.150. The molecule has 1 aromatic rings. The number of amides is 1. The Hall–Kier alpha value is -1.08. The van der Waals surface area contributed by atoms with E-state index in [9.17, 15) is 4.79 Å². The number of carbonyl (C=O) groups excluding carboxylic acids is 1. The molecule has 2 heterocycles. The molecule has 1 fully saturated rings. The minimum Gasteiger partial charge on any atom is -0.453 e. The molecule has 1 saturated heterocycles. The molecule has 1 amide bonds. The van der Waals surface area contributed by atoms with Crippen molar-refractivity contribution >= 4 is 22.0 Å². The van der Waals surface area contributed by atoms with Crippen LogP contribution in [-0.4, -0.2) is 47.2 Å². The molecule has 118 valence electrons. The average molecular weight is 359 g/mol. The molecule has 2 N–H and O–H groups in total. The summed E-state index contributed by atoms with van der Waals surface area (Å²) in [5.74, 6) is 1.33. The molecule has 1 aromatic heterocycles. The van der Waals surface area contributed by atoms with E-state index in [1.165, 1.54) is 7.11 Å². The van der Waals surface area contributed by atoms with E-state index >= 15 is 0 Å². The number of nitrogens with one attached hydrogen (secondary N) is 2. The number of hydrogen-bond donors (Lipinski definition) is 2. The monoisotopic (exact) mass is 358 g/mol. The predicted octanol–water partition coefficient (Wildman–Crippen LogP) is 2.69. The highest BCUT2D eigenvalue weighted by atomic mass is 79.9. The van der Waals surface area contributed by atoms with E-state index in [0.717, 1.165) is 36.4 Å². The van der Waals surface area contributed by atoms with Crippen molar-refractivity contribution in [3.8, 4) is 0 Å². The third kappa shape index (κ3) is 4.20. The lowest BCUT2D eigenvalue weighted by Crippen LogP contribution is -2.46. The van der Waals surface area contributed by atoms with Gasteiger partial charge in [-0.2, -0.15) is 0 Å². The molecule has 2 unspecified atom stereocenters. The highest BCUT2D eigenvalue weighted by molar-refractivity contribution is 9.10. The number of carbonyl (C=O) groups is 1. The van der Waals surface area contributed by atoms with Gasteiger partial charge in [-0.15, -0.1) is 0 Å². The van der Waals surface area contributed by atoms with Gasteiger partial charge in [0.15, 0.2) is 0 Å². The zero-order valence-corrected chi connectivity index (χ0v) is 14.3. The molecule has 2 rings (SSSR count). The molecule has 21 heavy (non-hydrogen) atoms. The summed E-state index contributed by atoms with van der Waals surface area (Å²) in [4.78, 5) is 21.5. The number of aromatic amines is 1. The zero-order chi connectivity index (χ0) is 15.4. The van der Waals surface area contributed by atoms with Gasteiger partial charge in [-0.3, -0.25) is 4.90 Å².